The molecular weight excluding hydrogens is 356 g/mol. The Kier molecular flexibility index (Phi) is 6.17. The second kappa shape index (κ2) is 8.76. The average molecular weight is 377 g/mol. The van der Waals surface area contributed by atoms with Gasteiger partial charge in [0, 0.05) is 25.0 Å². The molecule has 1 aromatic carbocycles. The van der Waals surface area contributed by atoms with E-state index >= 15 is 0 Å². The van der Waals surface area contributed by atoms with Crippen LogP contribution in [0.15, 0.2) is 42.7 Å². The van der Waals surface area contributed by atoms with Crippen molar-refractivity contribution in [1.82, 2.24) is 9.88 Å². The lowest BCUT2D eigenvalue weighted by atomic mass is 10.1. The first kappa shape index (κ1) is 18.3. The minimum absolute atomic E-state index is 0.0386. The van der Waals surface area contributed by atoms with Gasteiger partial charge in [0.1, 0.15) is 16.9 Å². The van der Waals surface area contributed by atoms with E-state index in [9.17, 15) is 4.79 Å². The van der Waals surface area contributed by atoms with Gasteiger partial charge < -0.3 is 19.1 Å². The summed E-state index contributed by atoms with van der Waals surface area (Å²) in [5, 5.41) is 0.468. The van der Waals surface area contributed by atoms with Crippen molar-refractivity contribution in [3.05, 3.63) is 47.7 Å². The van der Waals surface area contributed by atoms with Gasteiger partial charge in [-0.2, -0.15) is 0 Å². The lowest BCUT2D eigenvalue weighted by Crippen LogP contribution is -2.46. The fourth-order valence-corrected chi connectivity index (χ4v) is 3.03. The number of rotatable bonds is 6. The number of nitrogens with zero attached hydrogens (tertiary/aromatic N) is 2. The maximum atomic E-state index is 12.5. The van der Waals surface area contributed by atoms with E-state index in [2.05, 4.69) is 4.98 Å². The van der Waals surface area contributed by atoms with Crippen LogP contribution in [0.25, 0.3) is 0 Å². The predicted octanol–water partition coefficient (Wildman–Crippen LogP) is 3.19. The number of methoxy groups -OCH3 is 1. The molecule has 1 aliphatic heterocycles. The summed E-state index contributed by atoms with van der Waals surface area (Å²) in [5.74, 6) is 1.67. The number of para-hydroxylation sites is 2. The largest absolute Gasteiger partial charge is 0.493 e. The van der Waals surface area contributed by atoms with Gasteiger partial charge >= 0.3 is 0 Å². The Morgan fingerprint density at radius 1 is 1.27 bits per heavy atom. The molecule has 0 aliphatic carbocycles. The third-order valence-corrected chi connectivity index (χ3v) is 4.46. The highest BCUT2D eigenvalue weighted by Gasteiger charge is 2.25. The lowest BCUT2D eigenvalue weighted by molar-refractivity contribution is -0.136. The molecule has 1 amide bonds. The summed E-state index contributed by atoms with van der Waals surface area (Å²) in [4.78, 5) is 18.2. The highest BCUT2D eigenvalue weighted by Crippen LogP contribution is 2.27. The average Bonchev–Trinajstić information content (AvgIpc) is 2.68. The van der Waals surface area contributed by atoms with E-state index in [1.54, 1.807) is 42.6 Å². The highest BCUT2D eigenvalue weighted by molar-refractivity contribution is 6.31. The zero-order chi connectivity index (χ0) is 18.4. The van der Waals surface area contributed by atoms with Crippen molar-refractivity contribution < 1.29 is 19.0 Å². The van der Waals surface area contributed by atoms with Crippen LogP contribution in [0.1, 0.15) is 12.8 Å². The highest BCUT2D eigenvalue weighted by atomic mass is 35.5. The Hall–Kier alpha value is -2.47. The number of carbonyl (C=O) groups excluding carboxylic acids is 1. The van der Waals surface area contributed by atoms with Crippen LogP contribution in [0.5, 0.6) is 17.2 Å². The topological polar surface area (TPSA) is 60.9 Å². The summed E-state index contributed by atoms with van der Waals surface area (Å²) < 4.78 is 16.8. The van der Waals surface area contributed by atoms with Crippen LogP contribution in [0.3, 0.4) is 0 Å². The molecule has 0 saturated carbocycles. The number of likely N-dealkylation sites (tertiary alicyclic amines) is 1. The first-order valence-electron chi connectivity index (χ1n) is 8.47. The molecule has 1 atom stereocenters. The molecule has 1 aromatic heterocycles. The van der Waals surface area contributed by atoms with Gasteiger partial charge in [-0.3, -0.25) is 9.78 Å². The third-order valence-electron chi connectivity index (χ3n) is 4.18. The number of ether oxygens (including phenoxy) is 3. The molecule has 138 valence electrons. The van der Waals surface area contributed by atoms with Gasteiger partial charge in [-0.1, -0.05) is 23.7 Å². The quantitative estimate of drug-likeness (QED) is 0.774. The van der Waals surface area contributed by atoms with Gasteiger partial charge in [0.2, 0.25) is 0 Å². The number of halogens is 1. The molecule has 6 nitrogen and oxygen atoms in total. The Balaban J connectivity index is 1.55. The van der Waals surface area contributed by atoms with Crippen LogP contribution in [-0.2, 0) is 4.79 Å². The summed E-state index contributed by atoms with van der Waals surface area (Å²) in [6.45, 7) is 1.16. The molecule has 1 fully saturated rings. The first-order valence-corrected chi connectivity index (χ1v) is 8.85. The van der Waals surface area contributed by atoms with Crippen molar-refractivity contribution in [2.45, 2.75) is 18.9 Å². The second-order valence-corrected chi connectivity index (χ2v) is 6.37. The maximum Gasteiger partial charge on any atom is 0.260 e. The molecule has 0 spiro atoms. The zero-order valence-corrected chi connectivity index (χ0v) is 15.3. The number of pyridine rings is 1. The van der Waals surface area contributed by atoms with Crippen molar-refractivity contribution in [3.63, 3.8) is 0 Å². The molecule has 7 heteroatoms. The van der Waals surface area contributed by atoms with E-state index in [1.165, 1.54) is 0 Å². The van der Waals surface area contributed by atoms with Gasteiger partial charge in [0.15, 0.2) is 18.1 Å². The van der Waals surface area contributed by atoms with Crippen LogP contribution >= 0.6 is 11.6 Å². The Bertz CT molecular complexity index is 756. The van der Waals surface area contributed by atoms with Gasteiger partial charge in [0.05, 0.1) is 13.7 Å². The van der Waals surface area contributed by atoms with Crippen molar-refractivity contribution in [1.29, 1.82) is 0 Å². The van der Waals surface area contributed by atoms with E-state index in [4.69, 9.17) is 25.8 Å². The van der Waals surface area contributed by atoms with Crippen LogP contribution in [-0.4, -0.2) is 48.7 Å². The molecule has 2 aromatic rings. The molecule has 26 heavy (non-hydrogen) atoms. The van der Waals surface area contributed by atoms with E-state index in [0.717, 1.165) is 12.8 Å². The lowest BCUT2D eigenvalue weighted by Gasteiger charge is -2.33. The van der Waals surface area contributed by atoms with Crippen LogP contribution in [0.4, 0.5) is 0 Å². The molecule has 0 N–H and O–H groups in total. The van der Waals surface area contributed by atoms with Crippen molar-refractivity contribution in [3.8, 4) is 17.2 Å². The van der Waals surface area contributed by atoms with Crippen LogP contribution < -0.4 is 14.2 Å². The number of benzene rings is 1. The SMILES string of the molecule is COc1ccccc1OCC(=O)N1CCC[C@H](Oc2ccncc2Cl)C1. The molecule has 1 saturated heterocycles. The maximum absolute atomic E-state index is 12.5. The first-order chi connectivity index (χ1) is 12.7. The number of piperidine rings is 1. The summed E-state index contributed by atoms with van der Waals surface area (Å²) in [6.07, 6.45) is 4.82. The molecule has 1 aliphatic rings. The molecule has 0 bridgehead atoms. The number of amides is 1. The zero-order valence-electron chi connectivity index (χ0n) is 14.6. The summed E-state index contributed by atoms with van der Waals surface area (Å²) in [6, 6.07) is 8.99. The number of carbonyl (C=O) groups is 1. The van der Waals surface area contributed by atoms with E-state index in [0.29, 0.717) is 35.4 Å². The molecule has 0 radical (unpaired) electrons. The van der Waals surface area contributed by atoms with E-state index in [-0.39, 0.29) is 18.6 Å². The van der Waals surface area contributed by atoms with Crippen molar-refractivity contribution in [2.24, 2.45) is 0 Å². The van der Waals surface area contributed by atoms with Gasteiger partial charge in [-0.15, -0.1) is 0 Å². The fourth-order valence-electron chi connectivity index (χ4n) is 2.87. The Morgan fingerprint density at radius 2 is 2.08 bits per heavy atom. The predicted molar refractivity (Wildman–Crippen MR) is 98.0 cm³/mol. The van der Waals surface area contributed by atoms with E-state index < -0.39 is 0 Å². The monoisotopic (exact) mass is 376 g/mol. The molecular formula is C19H21ClN2O4. The van der Waals surface area contributed by atoms with Gasteiger partial charge in [-0.25, -0.2) is 0 Å². The van der Waals surface area contributed by atoms with E-state index in [1.807, 2.05) is 12.1 Å². The van der Waals surface area contributed by atoms with Gasteiger partial charge in [-0.05, 0) is 25.0 Å². The minimum atomic E-state index is -0.0983. The minimum Gasteiger partial charge on any atom is -0.493 e. The normalized spacial score (nSPS) is 16.8. The van der Waals surface area contributed by atoms with Crippen LogP contribution in [0, 0.1) is 0 Å². The number of aromatic nitrogens is 1. The van der Waals surface area contributed by atoms with Gasteiger partial charge in [0.25, 0.3) is 5.91 Å². The third kappa shape index (κ3) is 4.58. The summed E-state index contributed by atoms with van der Waals surface area (Å²) in [7, 11) is 1.57. The fraction of sp³-hybridized carbons (Fsp3) is 0.368. The van der Waals surface area contributed by atoms with Crippen molar-refractivity contribution >= 4 is 17.5 Å². The second-order valence-electron chi connectivity index (χ2n) is 5.97. The Morgan fingerprint density at radius 3 is 2.85 bits per heavy atom. The summed E-state index contributed by atoms with van der Waals surface area (Å²) >= 11 is 6.09. The van der Waals surface area contributed by atoms with Crippen molar-refractivity contribution in [2.75, 3.05) is 26.8 Å². The standard InChI is InChI=1S/C19H21ClN2O4/c1-24-17-6-2-3-7-18(17)25-13-19(23)22-10-4-5-14(12-22)26-16-8-9-21-11-15(16)20/h2-3,6-9,11,14H,4-5,10,12-13H2,1H3/t14-/m0/s1. The molecule has 3 rings (SSSR count). The molecule has 2 heterocycles. The Labute approximate surface area is 157 Å². The molecule has 0 unspecified atom stereocenters. The number of hydrogen-bond donors (Lipinski definition) is 0. The smallest absolute Gasteiger partial charge is 0.260 e. The summed E-state index contributed by atoms with van der Waals surface area (Å²) in [5.41, 5.74) is 0. The number of hydrogen-bond acceptors (Lipinski definition) is 5. The van der Waals surface area contributed by atoms with Crippen LogP contribution in [0.2, 0.25) is 5.02 Å².